The van der Waals surface area contributed by atoms with Crippen LogP contribution in [0.5, 0.6) is 5.75 Å². The summed E-state index contributed by atoms with van der Waals surface area (Å²) in [5.74, 6) is 0.695. The minimum absolute atomic E-state index is 0.689. The predicted molar refractivity (Wildman–Crippen MR) is 83.9 cm³/mol. The maximum Gasteiger partial charge on any atom is 0.125 e. The van der Waals surface area contributed by atoms with Crippen molar-refractivity contribution >= 4 is 38.5 Å². The average molecular weight is 419 g/mol. The number of halogens is 2. The zero-order valence-corrected chi connectivity index (χ0v) is 13.5. The van der Waals surface area contributed by atoms with Crippen molar-refractivity contribution in [3.63, 3.8) is 0 Å². The van der Waals surface area contributed by atoms with Gasteiger partial charge in [0.05, 0.1) is 7.11 Å². The molecule has 2 aromatic carbocycles. The van der Waals surface area contributed by atoms with E-state index in [-0.39, 0.29) is 0 Å². The number of rotatable bonds is 3. The van der Waals surface area contributed by atoms with Crippen molar-refractivity contribution < 1.29 is 9.84 Å². The van der Waals surface area contributed by atoms with Crippen molar-refractivity contribution in [3.05, 3.63) is 61.6 Å². The normalized spacial score (nSPS) is 12.2. The number of para-hydroxylation sites is 1. The summed E-state index contributed by atoms with van der Waals surface area (Å²) >= 11 is 5.65. The monoisotopic (exact) mass is 418 g/mol. The summed E-state index contributed by atoms with van der Waals surface area (Å²) in [5, 5.41) is 10.5. The highest BCUT2D eigenvalue weighted by atomic mass is 127. The Morgan fingerprint density at radius 1 is 1.17 bits per heavy atom. The SMILES string of the molecule is COc1ccccc1C(O)c1cc(Br)ccc1I. The molecule has 1 atom stereocenters. The lowest BCUT2D eigenvalue weighted by atomic mass is 10.0. The van der Waals surface area contributed by atoms with Crippen LogP contribution >= 0.6 is 38.5 Å². The molecule has 0 aliphatic heterocycles. The Kier molecular flexibility index (Phi) is 4.64. The number of aliphatic hydroxyl groups is 1. The lowest BCUT2D eigenvalue weighted by Gasteiger charge is -2.16. The van der Waals surface area contributed by atoms with E-state index in [4.69, 9.17) is 4.74 Å². The van der Waals surface area contributed by atoms with Crippen LogP contribution in [0.2, 0.25) is 0 Å². The average Bonchev–Trinajstić information content (AvgIpc) is 2.40. The van der Waals surface area contributed by atoms with E-state index < -0.39 is 6.10 Å². The molecule has 4 heteroatoms. The number of hydrogen-bond donors (Lipinski definition) is 1. The molecule has 2 rings (SSSR count). The van der Waals surface area contributed by atoms with Gasteiger partial charge < -0.3 is 9.84 Å². The Hall–Kier alpha value is -0.590. The van der Waals surface area contributed by atoms with Gasteiger partial charge in [-0.15, -0.1) is 0 Å². The van der Waals surface area contributed by atoms with Gasteiger partial charge in [-0.2, -0.15) is 0 Å². The number of hydrogen-bond acceptors (Lipinski definition) is 2. The van der Waals surface area contributed by atoms with Gasteiger partial charge >= 0.3 is 0 Å². The molecule has 0 amide bonds. The second-order valence-corrected chi connectivity index (χ2v) is 5.89. The first kappa shape index (κ1) is 13.8. The lowest BCUT2D eigenvalue weighted by molar-refractivity contribution is 0.214. The molecule has 0 aromatic heterocycles. The second-order valence-electron chi connectivity index (χ2n) is 3.81. The molecular formula is C14H12BrIO2. The zero-order chi connectivity index (χ0) is 13.1. The standard InChI is InChI=1S/C14H12BrIO2/c1-18-13-5-3-2-4-10(13)14(17)11-8-9(15)6-7-12(11)16/h2-8,14,17H,1H3. The molecule has 0 saturated heterocycles. The second kappa shape index (κ2) is 6.04. The summed E-state index contributed by atoms with van der Waals surface area (Å²) in [5.41, 5.74) is 1.64. The molecule has 0 radical (unpaired) electrons. The summed E-state index contributed by atoms with van der Waals surface area (Å²) in [6.07, 6.45) is -0.689. The first-order valence-corrected chi connectivity index (χ1v) is 7.26. The van der Waals surface area contributed by atoms with Gasteiger partial charge in [0.2, 0.25) is 0 Å². The molecule has 2 nitrogen and oxygen atoms in total. The smallest absolute Gasteiger partial charge is 0.125 e. The molecule has 1 N–H and O–H groups in total. The maximum absolute atomic E-state index is 10.5. The van der Waals surface area contributed by atoms with Crippen LogP contribution in [0.15, 0.2) is 46.9 Å². The predicted octanol–water partition coefficient (Wildman–Crippen LogP) is 4.14. The van der Waals surface area contributed by atoms with Gasteiger partial charge in [0.25, 0.3) is 0 Å². The molecular weight excluding hydrogens is 407 g/mol. The number of benzene rings is 2. The Morgan fingerprint density at radius 3 is 2.61 bits per heavy atom. The van der Waals surface area contributed by atoms with Crippen LogP contribution in [0.3, 0.4) is 0 Å². The quantitative estimate of drug-likeness (QED) is 0.759. The van der Waals surface area contributed by atoms with Gasteiger partial charge in [-0.25, -0.2) is 0 Å². The van der Waals surface area contributed by atoms with E-state index in [2.05, 4.69) is 38.5 Å². The highest BCUT2D eigenvalue weighted by Gasteiger charge is 2.17. The minimum Gasteiger partial charge on any atom is -0.496 e. The van der Waals surface area contributed by atoms with E-state index in [0.29, 0.717) is 5.75 Å². The molecule has 0 saturated carbocycles. The fourth-order valence-electron chi connectivity index (χ4n) is 1.78. The van der Waals surface area contributed by atoms with Gasteiger partial charge in [-0.05, 0) is 52.4 Å². The molecule has 0 spiro atoms. The number of ether oxygens (including phenoxy) is 1. The Morgan fingerprint density at radius 2 is 1.89 bits per heavy atom. The van der Waals surface area contributed by atoms with Gasteiger partial charge in [0, 0.05) is 13.6 Å². The number of aliphatic hydroxyl groups excluding tert-OH is 1. The molecule has 0 bridgehead atoms. The van der Waals surface area contributed by atoms with Crippen molar-refractivity contribution in [3.8, 4) is 5.75 Å². The first-order valence-electron chi connectivity index (χ1n) is 5.39. The van der Waals surface area contributed by atoms with E-state index in [0.717, 1.165) is 19.2 Å². The number of methoxy groups -OCH3 is 1. The van der Waals surface area contributed by atoms with Gasteiger partial charge in [-0.1, -0.05) is 34.1 Å². The molecule has 0 fully saturated rings. The Balaban J connectivity index is 2.47. The van der Waals surface area contributed by atoms with Crippen LogP contribution in [-0.2, 0) is 0 Å². The fraction of sp³-hybridized carbons (Fsp3) is 0.143. The van der Waals surface area contributed by atoms with Crippen molar-refractivity contribution in [2.45, 2.75) is 6.10 Å². The Bertz CT molecular complexity index is 557. The minimum atomic E-state index is -0.689. The van der Waals surface area contributed by atoms with Crippen LogP contribution in [0.1, 0.15) is 17.2 Å². The molecule has 1 unspecified atom stereocenters. The van der Waals surface area contributed by atoms with Crippen LogP contribution in [0, 0.1) is 3.57 Å². The van der Waals surface area contributed by atoms with Gasteiger partial charge in [-0.3, -0.25) is 0 Å². The largest absolute Gasteiger partial charge is 0.496 e. The van der Waals surface area contributed by atoms with Crippen molar-refractivity contribution in [1.82, 2.24) is 0 Å². The van der Waals surface area contributed by atoms with E-state index >= 15 is 0 Å². The molecule has 0 aliphatic rings. The van der Waals surface area contributed by atoms with Crippen LogP contribution in [0.25, 0.3) is 0 Å². The highest BCUT2D eigenvalue weighted by Crippen LogP contribution is 2.33. The van der Waals surface area contributed by atoms with Crippen molar-refractivity contribution in [2.24, 2.45) is 0 Å². The summed E-state index contributed by atoms with van der Waals surface area (Å²) < 4.78 is 7.26. The third kappa shape index (κ3) is 2.87. The topological polar surface area (TPSA) is 29.5 Å². The summed E-state index contributed by atoms with van der Waals surface area (Å²) in [6.45, 7) is 0. The van der Waals surface area contributed by atoms with Crippen LogP contribution < -0.4 is 4.74 Å². The zero-order valence-electron chi connectivity index (χ0n) is 9.73. The highest BCUT2D eigenvalue weighted by molar-refractivity contribution is 14.1. The molecule has 2 aromatic rings. The lowest BCUT2D eigenvalue weighted by Crippen LogP contribution is -2.04. The fourth-order valence-corrected chi connectivity index (χ4v) is 2.79. The summed E-state index contributed by atoms with van der Waals surface area (Å²) in [4.78, 5) is 0. The van der Waals surface area contributed by atoms with Crippen molar-refractivity contribution in [1.29, 1.82) is 0 Å². The molecule has 94 valence electrons. The van der Waals surface area contributed by atoms with E-state index in [1.165, 1.54) is 0 Å². The van der Waals surface area contributed by atoms with Crippen LogP contribution in [-0.4, -0.2) is 12.2 Å². The first-order chi connectivity index (χ1) is 8.63. The van der Waals surface area contributed by atoms with Crippen LogP contribution in [0.4, 0.5) is 0 Å². The van der Waals surface area contributed by atoms with Gasteiger partial charge in [0.1, 0.15) is 11.9 Å². The summed E-state index contributed by atoms with van der Waals surface area (Å²) in [7, 11) is 1.61. The molecule has 0 aliphatic carbocycles. The van der Waals surface area contributed by atoms with E-state index in [9.17, 15) is 5.11 Å². The maximum atomic E-state index is 10.5. The molecule has 18 heavy (non-hydrogen) atoms. The summed E-state index contributed by atoms with van der Waals surface area (Å²) in [6, 6.07) is 13.4. The Labute approximate surface area is 128 Å². The van der Waals surface area contributed by atoms with Gasteiger partial charge in [0.15, 0.2) is 0 Å². The van der Waals surface area contributed by atoms with E-state index in [1.54, 1.807) is 7.11 Å². The molecule has 0 heterocycles. The third-order valence-electron chi connectivity index (χ3n) is 2.69. The third-order valence-corrected chi connectivity index (χ3v) is 4.16. The van der Waals surface area contributed by atoms with E-state index in [1.807, 2.05) is 42.5 Å². The van der Waals surface area contributed by atoms with Crippen molar-refractivity contribution in [2.75, 3.05) is 7.11 Å².